The molecule has 1 aromatic heterocycles. The van der Waals surface area contributed by atoms with E-state index in [-0.39, 0.29) is 12.6 Å². The van der Waals surface area contributed by atoms with E-state index in [0.717, 1.165) is 50.3 Å². The maximum Gasteiger partial charge on any atom is 0.412 e. The molecule has 1 aliphatic rings. The number of carbonyl (C=O) groups is 1. The number of nitrogens with zero attached hydrogens (tertiary/aromatic N) is 4. The molecule has 4 aromatic rings. The predicted octanol–water partition coefficient (Wildman–Crippen LogP) is 6.33. The van der Waals surface area contributed by atoms with Gasteiger partial charge in [0.05, 0.1) is 27.4 Å². The van der Waals surface area contributed by atoms with Crippen molar-refractivity contribution in [3.8, 4) is 28.4 Å². The number of amides is 1. The summed E-state index contributed by atoms with van der Waals surface area (Å²) >= 11 is 0. The maximum absolute atomic E-state index is 12.7. The molecular formula is C37H46N6O5. The number of anilines is 3. The van der Waals surface area contributed by atoms with Gasteiger partial charge in [-0.2, -0.15) is 4.98 Å². The van der Waals surface area contributed by atoms with Crippen LogP contribution >= 0.6 is 0 Å². The Hall–Kier alpha value is -4.87. The number of aryl methyl sites for hydroxylation is 1. The zero-order valence-electron chi connectivity index (χ0n) is 28.5. The third-order valence-electron chi connectivity index (χ3n) is 8.58. The van der Waals surface area contributed by atoms with Crippen LogP contribution in [0.2, 0.25) is 0 Å². The quantitative estimate of drug-likeness (QED) is 0.150. The summed E-state index contributed by atoms with van der Waals surface area (Å²) in [5.41, 5.74) is 6.55. The Morgan fingerprint density at radius 3 is 2.38 bits per heavy atom. The summed E-state index contributed by atoms with van der Waals surface area (Å²) in [4.78, 5) is 26.2. The van der Waals surface area contributed by atoms with Crippen molar-refractivity contribution < 1.29 is 23.7 Å². The molecule has 0 saturated carbocycles. The highest BCUT2D eigenvalue weighted by atomic mass is 16.5. The van der Waals surface area contributed by atoms with Crippen molar-refractivity contribution in [3.05, 3.63) is 83.6 Å². The number of benzene rings is 3. The van der Waals surface area contributed by atoms with E-state index in [1.54, 1.807) is 38.6 Å². The number of carbonyl (C=O) groups excluding carboxylic acids is 1. The predicted molar refractivity (Wildman–Crippen MR) is 189 cm³/mol. The molecular weight excluding hydrogens is 608 g/mol. The molecule has 1 saturated heterocycles. The fourth-order valence-corrected chi connectivity index (χ4v) is 5.68. The Bertz CT molecular complexity index is 1650. The van der Waals surface area contributed by atoms with Crippen LogP contribution in [0.3, 0.4) is 0 Å². The van der Waals surface area contributed by atoms with Crippen LogP contribution in [0.25, 0.3) is 11.1 Å². The van der Waals surface area contributed by atoms with Gasteiger partial charge in [-0.15, -0.1) is 0 Å². The smallest absolute Gasteiger partial charge is 0.412 e. The molecule has 0 spiro atoms. The highest BCUT2D eigenvalue weighted by Gasteiger charge is 2.17. The van der Waals surface area contributed by atoms with E-state index in [9.17, 15) is 4.79 Å². The number of methoxy groups -OCH3 is 2. The minimum atomic E-state index is -0.596. The molecule has 0 atom stereocenters. The molecule has 2 N–H and O–H groups in total. The van der Waals surface area contributed by atoms with E-state index >= 15 is 0 Å². The monoisotopic (exact) mass is 654 g/mol. The third kappa shape index (κ3) is 9.14. The van der Waals surface area contributed by atoms with Crippen LogP contribution in [0.5, 0.6) is 17.2 Å². The summed E-state index contributed by atoms with van der Waals surface area (Å²) in [6, 6.07) is 19.7. The molecule has 3 aromatic carbocycles. The Balaban J connectivity index is 1.15. The first-order valence-electron chi connectivity index (χ1n) is 16.3. The summed E-state index contributed by atoms with van der Waals surface area (Å²) < 4.78 is 22.9. The maximum atomic E-state index is 12.7. The van der Waals surface area contributed by atoms with E-state index in [4.69, 9.17) is 18.9 Å². The Kier molecular flexibility index (Phi) is 12.1. The van der Waals surface area contributed by atoms with Gasteiger partial charge in [-0.3, -0.25) is 5.32 Å². The van der Waals surface area contributed by atoms with Crippen LogP contribution in [0.15, 0.2) is 66.9 Å². The van der Waals surface area contributed by atoms with Gasteiger partial charge in [0.25, 0.3) is 0 Å². The lowest BCUT2D eigenvalue weighted by Gasteiger charge is -2.32. The highest BCUT2D eigenvalue weighted by molar-refractivity contribution is 5.83. The molecule has 0 bridgehead atoms. The number of rotatable bonds is 14. The number of piperazine rings is 1. The highest BCUT2D eigenvalue weighted by Crippen LogP contribution is 2.41. The van der Waals surface area contributed by atoms with Crippen molar-refractivity contribution in [2.24, 2.45) is 0 Å². The first-order chi connectivity index (χ1) is 23.3. The number of nitrogens with one attached hydrogen (secondary N) is 2. The van der Waals surface area contributed by atoms with Gasteiger partial charge in [-0.25, -0.2) is 9.78 Å². The third-order valence-corrected chi connectivity index (χ3v) is 8.58. The number of ether oxygens (including phenoxy) is 4. The largest absolute Gasteiger partial charge is 0.493 e. The summed E-state index contributed by atoms with van der Waals surface area (Å²) in [7, 11) is 5.33. The molecule has 1 amide bonds. The normalized spacial score (nSPS) is 13.5. The number of likely N-dealkylation sites (N-methyl/N-ethyl adjacent to an activating group) is 1. The zero-order chi connectivity index (χ0) is 33.9. The first kappa shape index (κ1) is 34.5. The summed E-state index contributed by atoms with van der Waals surface area (Å²) in [6.45, 7) is 10.3. The van der Waals surface area contributed by atoms with E-state index in [1.165, 1.54) is 16.7 Å². The lowest BCUT2D eigenvalue weighted by Crippen LogP contribution is -2.44. The molecule has 48 heavy (non-hydrogen) atoms. The van der Waals surface area contributed by atoms with Crippen LogP contribution in [-0.4, -0.2) is 93.1 Å². The fourth-order valence-electron chi connectivity index (χ4n) is 5.68. The van der Waals surface area contributed by atoms with Gasteiger partial charge < -0.3 is 34.1 Å². The van der Waals surface area contributed by atoms with Crippen molar-refractivity contribution in [2.45, 2.75) is 26.7 Å². The zero-order valence-corrected chi connectivity index (χ0v) is 28.5. The van der Waals surface area contributed by atoms with E-state index in [1.807, 2.05) is 12.1 Å². The van der Waals surface area contributed by atoms with Gasteiger partial charge >= 0.3 is 6.09 Å². The van der Waals surface area contributed by atoms with Gasteiger partial charge in [0.1, 0.15) is 5.82 Å². The number of hydrogen-bond acceptors (Lipinski definition) is 10. The molecule has 11 nitrogen and oxygen atoms in total. The van der Waals surface area contributed by atoms with Gasteiger partial charge in [0, 0.05) is 63.2 Å². The number of aromatic nitrogens is 2. The van der Waals surface area contributed by atoms with E-state index < -0.39 is 6.09 Å². The Morgan fingerprint density at radius 1 is 0.896 bits per heavy atom. The second-order valence-corrected chi connectivity index (χ2v) is 11.9. The van der Waals surface area contributed by atoms with E-state index in [0.29, 0.717) is 41.8 Å². The fraction of sp³-hybridized carbons (Fsp3) is 0.378. The average molecular weight is 655 g/mol. The van der Waals surface area contributed by atoms with Crippen molar-refractivity contribution in [3.63, 3.8) is 0 Å². The van der Waals surface area contributed by atoms with Crippen LogP contribution in [0.4, 0.5) is 22.2 Å². The van der Waals surface area contributed by atoms with Crippen molar-refractivity contribution in [1.82, 2.24) is 19.8 Å². The van der Waals surface area contributed by atoms with Gasteiger partial charge in [-0.05, 0) is 61.2 Å². The molecule has 5 rings (SSSR count). The first-order valence-corrected chi connectivity index (χ1v) is 16.3. The molecule has 2 heterocycles. The summed E-state index contributed by atoms with van der Waals surface area (Å²) in [6.07, 6.45) is 2.43. The van der Waals surface area contributed by atoms with Crippen LogP contribution in [0, 0.1) is 13.8 Å². The molecule has 11 heteroatoms. The molecule has 0 aliphatic carbocycles. The summed E-state index contributed by atoms with van der Waals surface area (Å²) in [5.74, 6) is 2.16. The van der Waals surface area contributed by atoms with Crippen LogP contribution in [-0.2, 0) is 11.2 Å². The van der Waals surface area contributed by atoms with Crippen LogP contribution in [0.1, 0.15) is 23.1 Å². The molecule has 1 aliphatic heterocycles. The standard InChI is InChI=1S/C37H46N6O5/c1-26-10-8-13-30(27(26)2)31-12-7-6-11-28(31)15-23-48-37(44)41-34-14-16-38-36(40-34)39-29-24-32(45-4)35(33(25-29)46-5)47-22-9-17-43-20-18-42(3)19-21-43/h6-8,10-14,16,24-25H,9,15,17-23H2,1-5H3,(H2,38,39,40,41,44). The van der Waals surface area contributed by atoms with Crippen LogP contribution < -0.4 is 24.8 Å². The van der Waals surface area contributed by atoms with Crippen molar-refractivity contribution in [2.75, 3.05) is 77.8 Å². The second-order valence-electron chi connectivity index (χ2n) is 11.9. The van der Waals surface area contributed by atoms with E-state index in [2.05, 4.69) is 81.6 Å². The van der Waals surface area contributed by atoms with Gasteiger partial charge in [0.15, 0.2) is 11.5 Å². The Morgan fingerprint density at radius 2 is 1.62 bits per heavy atom. The minimum absolute atomic E-state index is 0.216. The number of hydrogen-bond donors (Lipinski definition) is 2. The van der Waals surface area contributed by atoms with Crippen molar-refractivity contribution in [1.29, 1.82) is 0 Å². The van der Waals surface area contributed by atoms with Crippen molar-refractivity contribution >= 4 is 23.5 Å². The lowest BCUT2D eigenvalue weighted by molar-refractivity contribution is 0.144. The molecule has 0 unspecified atom stereocenters. The minimum Gasteiger partial charge on any atom is -0.493 e. The SMILES string of the molecule is COc1cc(Nc2nccc(NC(=O)OCCc3ccccc3-c3cccc(C)c3C)n2)cc(OC)c1OCCCN1CCN(C)CC1. The topological polar surface area (TPSA) is 110 Å². The van der Waals surface area contributed by atoms with Gasteiger partial charge in [-0.1, -0.05) is 42.5 Å². The second kappa shape index (κ2) is 16.8. The lowest BCUT2D eigenvalue weighted by atomic mass is 9.92. The summed E-state index contributed by atoms with van der Waals surface area (Å²) in [5, 5.41) is 5.86. The molecule has 1 fully saturated rings. The molecule has 0 radical (unpaired) electrons. The average Bonchev–Trinajstić information content (AvgIpc) is 3.09. The van der Waals surface area contributed by atoms with Gasteiger partial charge in [0.2, 0.25) is 11.7 Å². The molecule has 254 valence electrons. The Labute approximate surface area is 283 Å².